The van der Waals surface area contributed by atoms with E-state index < -0.39 is 17.6 Å². The van der Waals surface area contributed by atoms with Crippen LogP contribution in [-0.4, -0.2) is 17.1 Å². The summed E-state index contributed by atoms with van der Waals surface area (Å²) >= 11 is 0. The van der Waals surface area contributed by atoms with Crippen LogP contribution in [0.25, 0.3) is 0 Å². The van der Waals surface area contributed by atoms with Crippen molar-refractivity contribution in [1.29, 1.82) is 0 Å². The van der Waals surface area contributed by atoms with Crippen LogP contribution in [0.2, 0.25) is 0 Å². The fraction of sp³-hybridized carbons (Fsp3) is 0.286. The summed E-state index contributed by atoms with van der Waals surface area (Å²) in [5.41, 5.74) is 0.996. The summed E-state index contributed by atoms with van der Waals surface area (Å²) in [5, 5.41) is 2.56. The summed E-state index contributed by atoms with van der Waals surface area (Å²) in [6, 6.07) is 8.32. The molecule has 0 aliphatic carbocycles. The normalized spacial score (nSPS) is 11.5. The summed E-state index contributed by atoms with van der Waals surface area (Å²) in [6.45, 7) is 6.05. The summed E-state index contributed by atoms with van der Waals surface area (Å²) < 4.78 is 51.9. The van der Waals surface area contributed by atoms with Crippen LogP contribution in [0.5, 0.6) is 5.75 Å². The van der Waals surface area contributed by atoms with E-state index in [0.717, 1.165) is 23.6 Å². The average molecular weight is 406 g/mol. The zero-order valence-electron chi connectivity index (χ0n) is 16.3. The lowest BCUT2D eigenvalue weighted by Crippen LogP contribution is -2.15. The van der Waals surface area contributed by atoms with Crippen molar-refractivity contribution in [2.75, 3.05) is 11.9 Å². The Labute approximate surface area is 166 Å². The highest BCUT2D eigenvalue weighted by molar-refractivity contribution is 6.06. The zero-order chi connectivity index (χ0) is 21.2. The van der Waals surface area contributed by atoms with E-state index in [1.54, 1.807) is 32.2 Å². The number of benzene rings is 1. The quantitative estimate of drug-likeness (QED) is 0.595. The molecule has 0 saturated carbocycles. The second-order valence-corrected chi connectivity index (χ2v) is 6.55. The van der Waals surface area contributed by atoms with Crippen LogP contribution < -0.4 is 10.1 Å². The number of aromatic nitrogens is 1. The van der Waals surface area contributed by atoms with Crippen molar-refractivity contribution in [1.82, 2.24) is 4.57 Å². The molecular weight excluding hydrogens is 385 g/mol. The molecule has 0 saturated heterocycles. The number of halogens is 3. The molecule has 29 heavy (non-hydrogen) atoms. The average Bonchev–Trinajstić information content (AvgIpc) is 3.26. The van der Waals surface area contributed by atoms with Crippen LogP contribution in [-0.2, 0) is 12.7 Å². The van der Waals surface area contributed by atoms with Crippen molar-refractivity contribution in [2.45, 2.75) is 33.5 Å². The Morgan fingerprint density at radius 2 is 1.97 bits per heavy atom. The minimum atomic E-state index is -4.52. The number of nitrogens with one attached hydrogen (secondary N) is 1. The Hall–Kier alpha value is -3.16. The highest BCUT2D eigenvalue weighted by Gasteiger charge is 2.31. The van der Waals surface area contributed by atoms with E-state index in [4.69, 9.17) is 9.15 Å². The van der Waals surface area contributed by atoms with Gasteiger partial charge in [-0.1, -0.05) is 0 Å². The molecule has 2 heterocycles. The van der Waals surface area contributed by atoms with Gasteiger partial charge in [0.15, 0.2) is 0 Å². The Morgan fingerprint density at radius 1 is 1.21 bits per heavy atom. The summed E-state index contributed by atoms with van der Waals surface area (Å²) in [7, 11) is 0. The molecule has 1 N–H and O–H groups in total. The molecule has 154 valence electrons. The third-order valence-corrected chi connectivity index (χ3v) is 4.57. The van der Waals surface area contributed by atoms with Crippen molar-refractivity contribution >= 4 is 11.6 Å². The van der Waals surface area contributed by atoms with Crippen molar-refractivity contribution in [2.24, 2.45) is 0 Å². The maximum Gasteiger partial charge on any atom is 0.416 e. The van der Waals surface area contributed by atoms with E-state index in [1.807, 2.05) is 17.6 Å². The van der Waals surface area contributed by atoms with E-state index in [-0.39, 0.29) is 18.0 Å². The first-order valence-corrected chi connectivity index (χ1v) is 9.05. The lowest BCUT2D eigenvalue weighted by atomic mass is 10.1. The second kappa shape index (κ2) is 8.06. The molecular formula is C21H21F3N2O3. The maximum absolute atomic E-state index is 13.1. The van der Waals surface area contributed by atoms with Crippen LogP contribution in [0.3, 0.4) is 0 Å². The summed E-state index contributed by atoms with van der Waals surface area (Å²) in [4.78, 5) is 12.8. The topological polar surface area (TPSA) is 56.4 Å². The minimum Gasteiger partial charge on any atom is -0.492 e. The lowest BCUT2D eigenvalue weighted by Gasteiger charge is -2.15. The number of ether oxygens (including phenoxy) is 1. The first-order chi connectivity index (χ1) is 13.7. The van der Waals surface area contributed by atoms with Crippen molar-refractivity contribution in [3.63, 3.8) is 0 Å². The molecule has 5 nitrogen and oxygen atoms in total. The number of furan rings is 1. The number of alkyl halides is 3. The van der Waals surface area contributed by atoms with Gasteiger partial charge in [0.2, 0.25) is 0 Å². The van der Waals surface area contributed by atoms with Crippen LogP contribution >= 0.6 is 0 Å². The molecule has 0 atom stereocenters. The zero-order valence-corrected chi connectivity index (χ0v) is 16.3. The monoisotopic (exact) mass is 406 g/mol. The van der Waals surface area contributed by atoms with Crippen LogP contribution in [0.4, 0.5) is 18.9 Å². The van der Waals surface area contributed by atoms with Crippen molar-refractivity contribution in [3.8, 4) is 5.75 Å². The van der Waals surface area contributed by atoms with E-state index in [0.29, 0.717) is 17.8 Å². The lowest BCUT2D eigenvalue weighted by molar-refractivity contribution is -0.137. The number of carbonyl (C=O) groups is 1. The predicted molar refractivity (Wildman–Crippen MR) is 102 cm³/mol. The van der Waals surface area contributed by atoms with E-state index >= 15 is 0 Å². The molecule has 2 aromatic heterocycles. The molecule has 1 aromatic carbocycles. The number of carbonyl (C=O) groups excluding carboxylic acids is 1. The van der Waals surface area contributed by atoms with Crippen molar-refractivity contribution < 1.29 is 27.1 Å². The fourth-order valence-corrected chi connectivity index (χ4v) is 3.11. The fourth-order valence-electron chi connectivity index (χ4n) is 3.11. The van der Waals surface area contributed by atoms with Gasteiger partial charge >= 0.3 is 6.18 Å². The molecule has 0 aliphatic heterocycles. The van der Waals surface area contributed by atoms with Gasteiger partial charge in [-0.3, -0.25) is 4.79 Å². The van der Waals surface area contributed by atoms with E-state index in [1.165, 1.54) is 6.07 Å². The minimum absolute atomic E-state index is 0.0255. The standard InChI is InChI=1S/C21H21F3N2O3/c1-4-28-19-8-7-15(21(22,23)24)11-18(19)25-20(27)17-10-13(2)26(14(17)3)12-16-6-5-9-29-16/h5-11H,4,12H2,1-3H3,(H,25,27). The number of amides is 1. The second-order valence-electron chi connectivity index (χ2n) is 6.55. The molecule has 1 amide bonds. The van der Waals surface area contributed by atoms with Gasteiger partial charge in [-0.25, -0.2) is 0 Å². The summed E-state index contributed by atoms with van der Waals surface area (Å²) in [6.07, 6.45) is -2.96. The summed E-state index contributed by atoms with van der Waals surface area (Å²) in [5.74, 6) is 0.401. The molecule has 3 aromatic rings. The maximum atomic E-state index is 13.1. The van der Waals surface area contributed by atoms with Gasteiger partial charge in [0.05, 0.1) is 36.2 Å². The number of hydrogen-bond acceptors (Lipinski definition) is 3. The van der Waals surface area contributed by atoms with E-state index in [9.17, 15) is 18.0 Å². The molecule has 0 fully saturated rings. The molecule has 0 aliphatic rings. The third kappa shape index (κ3) is 4.47. The van der Waals surface area contributed by atoms with Crippen molar-refractivity contribution in [3.05, 3.63) is 70.9 Å². The molecule has 8 heteroatoms. The van der Waals surface area contributed by atoms with Gasteiger partial charge in [0, 0.05) is 11.4 Å². The molecule has 0 bridgehead atoms. The van der Waals surface area contributed by atoms with Gasteiger partial charge in [0.25, 0.3) is 5.91 Å². The van der Waals surface area contributed by atoms with Crippen LogP contribution in [0.15, 0.2) is 47.1 Å². The van der Waals surface area contributed by atoms with Gasteiger partial charge < -0.3 is 19.0 Å². The van der Waals surface area contributed by atoms with Gasteiger partial charge in [0.1, 0.15) is 11.5 Å². The number of hydrogen-bond donors (Lipinski definition) is 1. The highest BCUT2D eigenvalue weighted by atomic mass is 19.4. The highest BCUT2D eigenvalue weighted by Crippen LogP contribution is 2.35. The Kier molecular flexibility index (Phi) is 5.72. The third-order valence-electron chi connectivity index (χ3n) is 4.57. The largest absolute Gasteiger partial charge is 0.492 e. The SMILES string of the molecule is CCOc1ccc(C(F)(F)F)cc1NC(=O)c1cc(C)n(Cc2ccco2)c1C. The smallest absolute Gasteiger partial charge is 0.416 e. The Balaban J connectivity index is 1.90. The van der Waals surface area contributed by atoms with Crippen LogP contribution in [0, 0.1) is 13.8 Å². The molecule has 0 unspecified atom stereocenters. The Bertz CT molecular complexity index is 1010. The number of rotatable bonds is 6. The van der Waals surface area contributed by atoms with Gasteiger partial charge in [-0.15, -0.1) is 0 Å². The first-order valence-electron chi connectivity index (χ1n) is 9.05. The molecule has 0 radical (unpaired) electrons. The van der Waals surface area contributed by atoms with Gasteiger partial charge in [-0.05, 0) is 57.2 Å². The van der Waals surface area contributed by atoms with Crippen LogP contribution in [0.1, 0.15) is 40.0 Å². The number of aryl methyl sites for hydroxylation is 1. The number of nitrogens with zero attached hydrogens (tertiary/aromatic N) is 1. The number of anilines is 1. The molecule has 0 spiro atoms. The first kappa shape index (κ1) is 20.6. The van der Waals surface area contributed by atoms with Gasteiger partial charge in [-0.2, -0.15) is 13.2 Å². The molecule has 3 rings (SSSR count). The Morgan fingerprint density at radius 3 is 2.59 bits per heavy atom. The predicted octanol–water partition coefficient (Wildman–Crippen LogP) is 5.42. The van der Waals surface area contributed by atoms with E-state index in [2.05, 4.69) is 5.32 Å².